The van der Waals surface area contributed by atoms with Crippen molar-refractivity contribution in [2.45, 2.75) is 0 Å². The van der Waals surface area contributed by atoms with Gasteiger partial charge in [0.1, 0.15) is 36.9 Å². The number of ether oxygens (including phenoxy) is 1. The summed E-state index contributed by atoms with van der Waals surface area (Å²) in [5, 5.41) is 12.2. The van der Waals surface area contributed by atoms with Gasteiger partial charge in [-0.15, -0.1) is 0 Å². The number of rotatable bonds is 5. The summed E-state index contributed by atoms with van der Waals surface area (Å²) in [4.78, 5) is 12.7. The molecule has 0 aliphatic rings. The van der Waals surface area contributed by atoms with Gasteiger partial charge in [0.25, 0.3) is 0 Å². The summed E-state index contributed by atoms with van der Waals surface area (Å²) in [5.74, 6) is 2.03. The van der Waals surface area contributed by atoms with E-state index in [2.05, 4.69) is 20.3 Å². The van der Waals surface area contributed by atoms with Gasteiger partial charge in [-0.25, -0.2) is 9.97 Å². The fraction of sp³-hybridized carbons (Fsp3) is 0. The molecule has 0 fully saturated rings. The maximum Gasteiger partial charge on any atom is 0.222 e. The molecule has 8 heteroatoms. The predicted octanol–water partition coefficient (Wildman–Crippen LogP) is 2.79. The minimum atomic E-state index is 0.202. The first-order chi connectivity index (χ1) is 14.6. The van der Waals surface area contributed by atoms with Crippen molar-refractivity contribution < 1.29 is 4.74 Å². The SMILES string of the molecule is Bc1c(Nc2ccc(Oc3ccnc(C#N)c3)cc2)nc(N)nc1-c1ccccc1. The van der Waals surface area contributed by atoms with Crippen molar-refractivity contribution in [2.75, 3.05) is 11.1 Å². The smallest absolute Gasteiger partial charge is 0.222 e. The van der Waals surface area contributed by atoms with Crippen LogP contribution in [-0.2, 0) is 0 Å². The molecule has 0 aliphatic carbocycles. The molecule has 2 aromatic carbocycles. The van der Waals surface area contributed by atoms with Gasteiger partial charge in [0, 0.05) is 18.0 Å². The fourth-order valence-corrected chi connectivity index (χ4v) is 2.95. The summed E-state index contributed by atoms with van der Waals surface area (Å²) >= 11 is 0. The quantitative estimate of drug-likeness (QED) is 0.503. The van der Waals surface area contributed by atoms with Gasteiger partial charge in [0.15, 0.2) is 0 Å². The van der Waals surface area contributed by atoms with Crippen molar-refractivity contribution in [2.24, 2.45) is 0 Å². The number of nitriles is 1. The van der Waals surface area contributed by atoms with E-state index in [-0.39, 0.29) is 5.95 Å². The Morgan fingerprint density at radius 2 is 1.73 bits per heavy atom. The summed E-state index contributed by atoms with van der Waals surface area (Å²) < 4.78 is 5.78. The molecule has 0 spiro atoms. The van der Waals surface area contributed by atoms with E-state index in [4.69, 9.17) is 15.7 Å². The molecule has 2 heterocycles. The molecule has 0 bridgehead atoms. The van der Waals surface area contributed by atoms with Gasteiger partial charge >= 0.3 is 0 Å². The second-order valence-corrected chi connectivity index (χ2v) is 6.51. The summed E-state index contributed by atoms with van der Waals surface area (Å²) in [6.07, 6.45) is 1.54. The number of hydrogen-bond donors (Lipinski definition) is 2. The molecule has 4 aromatic rings. The highest BCUT2D eigenvalue weighted by atomic mass is 16.5. The molecule has 7 nitrogen and oxygen atoms in total. The molecule has 0 atom stereocenters. The number of nitrogens with two attached hydrogens (primary N) is 1. The van der Waals surface area contributed by atoms with Crippen LogP contribution in [0, 0.1) is 11.3 Å². The third-order valence-electron chi connectivity index (χ3n) is 4.41. The first-order valence-electron chi connectivity index (χ1n) is 9.23. The fourth-order valence-electron chi connectivity index (χ4n) is 2.95. The highest BCUT2D eigenvalue weighted by molar-refractivity contribution is 6.38. The number of pyridine rings is 1. The molecule has 30 heavy (non-hydrogen) atoms. The second-order valence-electron chi connectivity index (χ2n) is 6.51. The molecular formula is C22H17BN6O. The molecule has 0 saturated carbocycles. The van der Waals surface area contributed by atoms with Crippen molar-refractivity contribution >= 4 is 30.8 Å². The van der Waals surface area contributed by atoms with E-state index in [1.165, 1.54) is 6.20 Å². The second kappa shape index (κ2) is 8.33. The first kappa shape index (κ1) is 19.0. The Balaban J connectivity index is 1.55. The zero-order chi connectivity index (χ0) is 20.9. The predicted molar refractivity (Wildman–Crippen MR) is 119 cm³/mol. The summed E-state index contributed by atoms with van der Waals surface area (Å²) in [5.41, 5.74) is 9.74. The average Bonchev–Trinajstić information content (AvgIpc) is 2.78. The number of hydrogen-bond acceptors (Lipinski definition) is 7. The molecule has 0 saturated heterocycles. The number of nitrogens with one attached hydrogen (secondary N) is 1. The Labute approximate surface area is 174 Å². The minimum Gasteiger partial charge on any atom is -0.457 e. The van der Waals surface area contributed by atoms with E-state index in [1.54, 1.807) is 12.1 Å². The zero-order valence-electron chi connectivity index (χ0n) is 16.2. The lowest BCUT2D eigenvalue weighted by Gasteiger charge is -2.14. The van der Waals surface area contributed by atoms with Crippen LogP contribution in [0.2, 0.25) is 0 Å². The van der Waals surface area contributed by atoms with E-state index in [0.29, 0.717) is 23.0 Å². The molecule has 0 unspecified atom stereocenters. The third kappa shape index (κ3) is 4.21. The van der Waals surface area contributed by atoms with Gasteiger partial charge in [-0.3, -0.25) is 0 Å². The van der Waals surface area contributed by atoms with Crippen LogP contribution >= 0.6 is 0 Å². The van der Waals surface area contributed by atoms with E-state index in [0.717, 1.165) is 22.4 Å². The maximum atomic E-state index is 8.94. The minimum absolute atomic E-state index is 0.202. The lowest BCUT2D eigenvalue weighted by molar-refractivity contribution is 0.482. The number of aromatic nitrogens is 3. The number of benzene rings is 2. The highest BCUT2D eigenvalue weighted by Gasteiger charge is 2.11. The van der Waals surface area contributed by atoms with Crippen LogP contribution in [0.1, 0.15) is 5.69 Å². The lowest BCUT2D eigenvalue weighted by atomic mass is 9.91. The largest absolute Gasteiger partial charge is 0.457 e. The first-order valence-corrected chi connectivity index (χ1v) is 9.23. The van der Waals surface area contributed by atoms with Gasteiger partial charge in [-0.1, -0.05) is 30.3 Å². The highest BCUT2D eigenvalue weighted by Crippen LogP contribution is 2.25. The standard InChI is InChI=1S/C22H17BN6O/c23-19-20(14-4-2-1-3-5-14)28-22(25)29-21(19)27-15-6-8-17(9-7-15)30-18-10-11-26-16(12-18)13-24/h1-12H,23H2,(H3,25,27,28,29). The van der Waals surface area contributed by atoms with Gasteiger partial charge in [-0.2, -0.15) is 10.2 Å². The van der Waals surface area contributed by atoms with Crippen LogP contribution in [0.3, 0.4) is 0 Å². The number of nitrogen functional groups attached to an aromatic ring is 1. The van der Waals surface area contributed by atoms with Crippen LogP contribution in [0.15, 0.2) is 72.9 Å². The molecule has 2 aromatic heterocycles. The lowest BCUT2D eigenvalue weighted by Crippen LogP contribution is -2.18. The van der Waals surface area contributed by atoms with Crippen LogP contribution < -0.4 is 21.3 Å². The van der Waals surface area contributed by atoms with Crippen molar-refractivity contribution in [1.29, 1.82) is 5.26 Å². The average molecular weight is 392 g/mol. The molecule has 0 aliphatic heterocycles. The number of nitrogens with zero attached hydrogens (tertiary/aromatic N) is 4. The van der Waals surface area contributed by atoms with E-state index in [9.17, 15) is 0 Å². The van der Waals surface area contributed by atoms with Gasteiger partial charge in [0.05, 0.1) is 5.69 Å². The summed E-state index contributed by atoms with van der Waals surface area (Å²) in [6, 6.07) is 22.5. The molecule has 3 N–H and O–H groups in total. The Morgan fingerprint density at radius 3 is 2.47 bits per heavy atom. The normalized spacial score (nSPS) is 10.2. The number of anilines is 3. The van der Waals surface area contributed by atoms with E-state index in [1.807, 2.05) is 68.5 Å². The van der Waals surface area contributed by atoms with Gasteiger partial charge in [-0.05, 0) is 41.4 Å². The van der Waals surface area contributed by atoms with E-state index < -0.39 is 0 Å². The Hall–Kier alpha value is -4.38. The topological polar surface area (TPSA) is 110 Å². The Bertz CT molecular complexity index is 1220. The van der Waals surface area contributed by atoms with Crippen molar-refractivity contribution in [3.05, 3.63) is 78.6 Å². The Morgan fingerprint density at radius 1 is 0.967 bits per heavy atom. The Kier molecular flexibility index (Phi) is 5.26. The van der Waals surface area contributed by atoms with E-state index >= 15 is 0 Å². The monoisotopic (exact) mass is 392 g/mol. The van der Waals surface area contributed by atoms with Crippen LogP contribution in [0.4, 0.5) is 17.5 Å². The van der Waals surface area contributed by atoms with Crippen LogP contribution in [0.5, 0.6) is 11.5 Å². The molecule has 0 amide bonds. The molecule has 144 valence electrons. The zero-order valence-corrected chi connectivity index (χ0v) is 16.2. The van der Waals surface area contributed by atoms with Crippen molar-refractivity contribution in [3.8, 4) is 28.8 Å². The van der Waals surface area contributed by atoms with Gasteiger partial charge < -0.3 is 15.8 Å². The van der Waals surface area contributed by atoms with Crippen LogP contribution in [-0.4, -0.2) is 22.8 Å². The van der Waals surface area contributed by atoms with Crippen molar-refractivity contribution in [3.63, 3.8) is 0 Å². The van der Waals surface area contributed by atoms with Crippen LogP contribution in [0.25, 0.3) is 11.3 Å². The third-order valence-corrected chi connectivity index (χ3v) is 4.41. The van der Waals surface area contributed by atoms with Gasteiger partial charge in [0.2, 0.25) is 5.95 Å². The summed E-state index contributed by atoms with van der Waals surface area (Å²) in [6.45, 7) is 0. The maximum absolute atomic E-state index is 8.94. The molecule has 4 rings (SSSR count). The summed E-state index contributed by atoms with van der Waals surface area (Å²) in [7, 11) is 1.96. The van der Waals surface area contributed by atoms with Crippen molar-refractivity contribution in [1.82, 2.24) is 15.0 Å². The molecule has 0 radical (unpaired) electrons. The molecular weight excluding hydrogens is 375 g/mol.